The van der Waals surface area contributed by atoms with E-state index in [0.29, 0.717) is 0 Å². The van der Waals surface area contributed by atoms with Gasteiger partial charge >= 0.3 is 0 Å². The Balaban J connectivity index is 4.13. The van der Waals surface area contributed by atoms with Crippen molar-refractivity contribution in [3.63, 3.8) is 0 Å². The maximum Gasteiger partial charge on any atom is 0.253 e. The van der Waals surface area contributed by atoms with Crippen LogP contribution < -0.4 is 5.32 Å². The molecule has 7 nitrogen and oxygen atoms in total. The molecule has 0 saturated heterocycles. The Morgan fingerprint density at radius 1 is 1.06 bits per heavy atom. The first kappa shape index (κ1) is 16.9. The molecule has 0 radical (unpaired) electrons. The molecule has 6 N–H and O–H groups in total. The molecule has 0 rings (SSSR count). The van der Waals surface area contributed by atoms with Gasteiger partial charge in [-0.25, -0.2) is 0 Å². The number of nitrogens with one attached hydrogen (secondary N) is 1. The Bertz CT molecular complexity index is 242. The summed E-state index contributed by atoms with van der Waals surface area (Å²) in [6.07, 6.45) is -6.61. The Labute approximate surface area is 108 Å². The van der Waals surface area contributed by atoms with Crippen LogP contribution in [-0.4, -0.2) is 73.8 Å². The number of aliphatic hydroxyl groups is 5. The maximum atomic E-state index is 10.9. The van der Waals surface area contributed by atoms with Crippen molar-refractivity contribution in [2.75, 3.05) is 13.2 Å². The first-order valence-electron chi connectivity index (χ1n) is 4.70. The molecule has 0 aromatic heterocycles. The maximum absolute atomic E-state index is 10.9. The summed E-state index contributed by atoms with van der Waals surface area (Å²) in [5.74, 6) is -0.767. The number of alkyl halides is 2. The van der Waals surface area contributed by atoms with Crippen molar-refractivity contribution in [3.8, 4) is 0 Å². The molecule has 0 aliphatic carbocycles. The number of carbonyl (C=O) groups excluding carboxylic acids is 1. The molecule has 0 bridgehead atoms. The largest absolute Gasteiger partial charge is 0.394 e. The van der Waals surface area contributed by atoms with Gasteiger partial charge in [-0.2, -0.15) is 0 Å². The lowest BCUT2D eigenvalue weighted by Gasteiger charge is -2.25. The minimum absolute atomic E-state index is 0.412. The topological polar surface area (TPSA) is 130 Å². The molecule has 0 heterocycles. The molecular weight excluding hydrogens is 277 g/mol. The van der Waals surface area contributed by atoms with Gasteiger partial charge in [-0.15, -0.1) is 0 Å². The van der Waals surface area contributed by atoms with Crippen LogP contribution in [-0.2, 0) is 4.79 Å². The predicted molar refractivity (Wildman–Crippen MR) is 59.6 cm³/mol. The highest BCUT2D eigenvalue weighted by Gasteiger charge is 2.30. The zero-order valence-corrected chi connectivity index (χ0v) is 10.2. The van der Waals surface area contributed by atoms with Crippen LogP contribution in [0.25, 0.3) is 0 Å². The molecule has 9 heteroatoms. The van der Waals surface area contributed by atoms with Crippen LogP contribution in [0, 0.1) is 0 Å². The fraction of sp³-hybridized carbons (Fsp3) is 0.875. The van der Waals surface area contributed by atoms with Crippen molar-refractivity contribution >= 4 is 29.1 Å². The van der Waals surface area contributed by atoms with E-state index < -0.39 is 48.3 Å². The average molecular weight is 292 g/mol. The summed E-state index contributed by atoms with van der Waals surface area (Å²) in [6, 6.07) is 0. The zero-order valence-electron chi connectivity index (χ0n) is 8.70. The summed E-state index contributed by atoms with van der Waals surface area (Å²) >= 11 is 10.4. The van der Waals surface area contributed by atoms with Gasteiger partial charge in [0.05, 0.1) is 12.7 Å². The predicted octanol–water partition coefficient (Wildman–Crippen LogP) is -2.66. The molecule has 0 saturated carbocycles. The first-order chi connectivity index (χ1) is 7.81. The van der Waals surface area contributed by atoms with Gasteiger partial charge in [0.25, 0.3) is 5.91 Å². The average Bonchev–Trinajstić information content (AvgIpc) is 2.32. The SMILES string of the molecule is O=C(NC[C@H](O)[C@@H](O)[C@H](O)[C@H](O)CO)C(Cl)Cl. The standard InChI is InChI=1S/C8H15Cl2NO6/c9-7(10)8(17)11-1-3(13)5(15)6(16)4(14)2-12/h3-7,12-16H,1-2H2,(H,11,17)/t3-,4+,5+,6+/m0/s1. The van der Waals surface area contributed by atoms with Crippen molar-refractivity contribution in [3.05, 3.63) is 0 Å². The third-order valence-corrected chi connectivity index (χ3v) is 2.41. The van der Waals surface area contributed by atoms with E-state index in [0.717, 1.165) is 0 Å². The summed E-state index contributed by atoms with van der Waals surface area (Å²) in [5, 5.41) is 47.6. The summed E-state index contributed by atoms with van der Waals surface area (Å²) in [4.78, 5) is 9.60. The van der Waals surface area contributed by atoms with Gasteiger partial charge in [-0.1, -0.05) is 23.2 Å². The van der Waals surface area contributed by atoms with E-state index >= 15 is 0 Å². The number of carbonyl (C=O) groups is 1. The highest BCUT2D eigenvalue weighted by Crippen LogP contribution is 2.05. The van der Waals surface area contributed by atoms with Crippen LogP contribution >= 0.6 is 23.2 Å². The third-order valence-electron chi connectivity index (χ3n) is 2.01. The fourth-order valence-corrected chi connectivity index (χ4v) is 1.12. The Morgan fingerprint density at radius 3 is 1.94 bits per heavy atom. The zero-order chi connectivity index (χ0) is 13.6. The van der Waals surface area contributed by atoms with Gasteiger partial charge < -0.3 is 30.8 Å². The fourth-order valence-electron chi connectivity index (χ4n) is 0.966. The summed E-state index contributed by atoms with van der Waals surface area (Å²) in [6.45, 7) is -1.19. The van der Waals surface area contributed by atoms with Gasteiger partial charge in [0.1, 0.15) is 18.3 Å². The molecule has 0 unspecified atom stereocenters. The molecule has 0 spiro atoms. The van der Waals surface area contributed by atoms with E-state index in [4.69, 9.17) is 33.4 Å². The van der Waals surface area contributed by atoms with Crippen molar-refractivity contribution in [2.45, 2.75) is 29.3 Å². The summed E-state index contributed by atoms with van der Waals surface area (Å²) < 4.78 is 0. The second-order valence-corrected chi connectivity index (χ2v) is 4.44. The van der Waals surface area contributed by atoms with Crippen molar-refractivity contribution < 1.29 is 30.3 Å². The van der Waals surface area contributed by atoms with Gasteiger partial charge in [-0.05, 0) is 0 Å². The van der Waals surface area contributed by atoms with Crippen LogP contribution in [0.4, 0.5) is 0 Å². The van der Waals surface area contributed by atoms with E-state index in [-0.39, 0.29) is 0 Å². The number of rotatable bonds is 7. The molecule has 0 aliphatic rings. The van der Waals surface area contributed by atoms with Crippen molar-refractivity contribution in [1.82, 2.24) is 5.32 Å². The van der Waals surface area contributed by atoms with E-state index in [1.54, 1.807) is 0 Å². The Hall–Kier alpha value is -0.150. The number of amides is 1. The summed E-state index contributed by atoms with van der Waals surface area (Å²) in [7, 11) is 0. The smallest absolute Gasteiger partial charge is 0.253 e. The Morgan fingerprint density at radius 2 is 1.53 bits per heavy atom. The van der Waals surface area contributed by atoms with Crippen LogP contribution in [0.1, 0.15) is 0 Å². The Kier molecular flexibility index (Phi) is 7.97. The number of hydrogen-bond donors (Lipinski definition) is 6. The number of halogens is 2. The monoisotopic (exact) mass is 291 g/mol. The van der Waals surface area contributed by atoms with Crippen molar-refractivity contribution in [2.24, 2.45) is 0 Å². The van der Waals surface area contributed by atoms with Gasteiger partial charge in [0.15, 0.2) is 4.84 Å². The van der Waals surface area contributed by atoms with Gasteiger partial charge in [0.2, 0.25) is 0 Å². The quantitative estimate of drug-likeness (QED) is 0.284. The van der Waals surface area contributed by atoms with E-state index in [9.17, 15) is 20.1 Å². The molecule has 0 aromatic rings. The minimum atomic E-state index is -1.74. The second-order valence-electron chi connectivity index (χ2n) is 3.34. The molecule has 0 fully saturated rings. The molecule has 0 aromatic carbocycles. The molecule has 1 amide bonds. The second kappa shape index (κ2) is 8.04. The van der Waals surface area contributed by atoms with Crippen LogP contribution in [0.2, 0.25) is 0 Å². The lowest BCUT2D eigenvalue weighted by molar-refractivity contribution is -0.124. The van der Waals surface area contributed by atoms with Gasteiger partial charge in [0, 0.05) is 6.54 Å². The third kappa shape index (κ3) is 5.82. The lowest BCUT2D eigenvalue weighted by atomic mass is 10.0. The van der Waals surface area contributed by atoms with Crippen molar-refractivity contribution in [1.29, 1.82) is 0 Å². The van der Waals surface area contributed by atoms with Crippen LogP contribution in [0.3, 0.4) is 0 Å². The molecule has 102 valence electrons. The van der Waals surface area contributed by atoms with Crippen LogP contribution in [0.15, 0.2) is 0 Å². The normalized spacial score (nSPS) is 18.6. The highest BCUT2D eigenvalue weighted by atomic mass is 35.5. The minimum Gasteiger partial charge on any atom is -0.394 e. The highest BCUT2D eigenvalue weighted by molar-refractivity contribution is 6.53. The molecule has 4 atom stereocenters. The van der Waals surface area contributed by atoms with E-state index in [2.05, 4.69) is 5.32 Å². The lowest BCUT2D eigenvalue weighted by Crippen LogP contribution is -2.50. The van der Waals surface area contributed by atoms with Gasteiger partial charge in [-0.3, -0.25) is 4.79 Å². The molecule has 17 heavy (non-hydrogen) atoms. The summed E-state index contributed by atoms with van der Waals surface area (Å²) in [5.41, 5.74) is 0. The number of hydrogen-bond acceptors (Lipinski definition) is 6. The van der Waals surface area contributed by atoms with E-state index in [1.165, 1.54) is 0 Å². The number of aliphatic hydroxyl groups excluding tert-OH is 5. The first-order valence-corrected chi connectivity index (χ1v) is 5.57. The van der Waals surface area contributed by atoms with Crippen LogP contribution in [0.5, 0.6) is 0 Å². The van der Waals surface area contributed by atoms with E-state index in [1.807, 2.05) is 0 Å². The molecule has 0 aliphatic heterocycles. The molecular formula is C8H15Cl2NO6.